The van der Waals surface area contributed by atoms with Gasteiger partial charge in [-0.1, -0.05) is 0 Å². The van der Waals surface area contributed by atoms with E-state index in [0.29, 0.717) is 6.29 Å². The van der Waals surface area contributed by atoms with Crippen molar-refractivity contribution in [3.05, 3.63) is 22.2 Å². The van der Waals surface area contributed by atoms with Gasteiger partial charge in [0.1, 0.15) is 6.07 Å². The molecule has 3 nitrogen and oxygen atoms in total. The summed E-state index contributed by atoms with van der Waals surface area (Å²) in [6.45, 7) is 0. The second kappa shape index (κ2) is 3.64. The largest absolute Gasteiger partial charge is 0.297 e. The smallest absolute Gasteiger partial charge is 0.160 e. The molecular formula is C7H4N2OS. The fraction of sp³-hybridized carbons (Fsp3) is 0. The van der Waals surface area contributed by atoms with Crippen LogP contribution >= 0.6 is 11.3 Å². The van der Waals surface area contributed by atoms with E-state index < -0.39 is 0 Å². The Balaban J connectivity index is 2.90. The van der Waals surface area contributed by atoms with E-state index in [-0.39, 0.29) is 5.57 Å². The van der Waals surface area contributed by atoms with Gasteiger partial charge in [0.15, 0.2) is 6.29 Å². The van der Waals surface area contributed by atoms with Crippen LogP contribution in [0.2, 0.25) is 0 Å². The Labute approximate surface area is 67.6 Å². The van der Waals surface area contributed by atoms with Gasteiger partial charge in [0.2, 0.25) is 0 Å². The molecule has 0 radical (unpaired) electrons. The minimum atomic E-state index is 0.120. The molecule has 54 valence electrons. The summed E-state index contributed by atoms with van der Waals surface area (Å²) >= 11 is 1.38. The van der Waals surface area contributed by atoms with Crippen LogP contribution in [0.15, 0.2) is 17.3 Å². The predicted octanol–water partition coefficient (Wildman–Crippen LogP) is 1.25. The molecule has 0 aromatic carbocycles. The maximum Gasteiger partial charge on any atom is 0.160 e. The van der Waals surface area contributed by atoms with Gasteiger partial charge >= 0.3 is 0 Å². The monoisotopic (exact) mass is 164 g/mol. The third-order valence-corrected chi connectivity index (χ3v) is 1.73. The number of hydrogen-bond acceptors (Lipinski definition) is 4. The van der Waals surface area contributed by atoms with Crippen molar-refractivity contribution in [1.29, 1.82) is 5.26 Å². The van der Waals surface area contributed by atoms with Gasteiger partial charge in [-0.25, -0.2) is 0 Å². The van der Waals surface area contributed by atoms with Crippen LogP contribution in [0.25, 0.3) is 6.08 Å². The predicted molar refractivity (Wildman–Crippen MR) is 41.8 cm³/mol. The average Bonchev–Trinajstić information content (AvgIpc) is 2.52. The lowest BCUT2D eigenvalue weighted by Gasteiger charge is -1.80. The van der Waals surface area contributed by atoms with Crippen LogP contribution in [0, 0.1) is 11.3 Å². The molecule has 0 amide bonds. The second-order valence-electron chi connectivity index (χ2n) is 1.73. The molecule has 0 fully saturated rings. The molecular weight excluding hydrogens is 160 g/mol. The van der Waals surface area contributed by atoms with E-state index in [1.54, 1.807) is 17.8 Å². The van der Waals surface area contributed by atoms with Crippen molar-refractivity contribution in [2.45, 2.75) is 0 Å². The standard InChI is InChI=1S/C7H4N2OS/c8-2-6(4-10)1-7-3-9-5-11-7/h1,3-5H/b6-1+. The summed E-state index contributed by atoms with van der Waals surface area (Å²) in [6.07, 6.45) is 3.63. The molecule has 11 heavy (non-hydrogen) atoms. The summed E-state index contributed by atoms with van der Waals surface area (Å²) in [7, 11) is 0. The SMILES string of the molecule is N#C/C(C=O)=C\c1cncs1. The summed E-state index contributed by atoms with van der Waals surface area (Å²) in [5.74, 6) is 0. The van der Waals surface area contributed by atoms with Gasteiger partial charge in [-0.15, -0.1) is 11.3 Å². The maximum absolute atomic E-state index is 10.2. The van der Waals surface area contributed by atoms with Crippen LogP contribution in [-0.4, -0.2) is 11.3 Å². The molecule has 1 heterocycles. The third kappa shape index (κ3) is 1.99. The summed E-state index contributed by atoms with van der Waals surface area (Å²) in [5.41, 5.74) is 1.76. The van der Waals surface area contributed by atoms with Gasteiger partial charge in [0.25, 0.3) is 0 Å². The highest BCUT2D eigenvalue weighted by Crippen LogP contribution is 2.09. The topological polar surface area (TPSA) is 53.8 Å². The van der Waals surface area contributed by atoms with Crippen LogP contribution in [-0.2, 0) is 4.79 Å². The molecule has 4 heteroatoms. The molecule has 0 saturated carbocycles. The van der Waals surface area contributed by atoms with Crippen LogP contribution in [0.5, 0.6) is 0 Å². The zero-order valence-electron chi connectivity index (χ0n) is 5.52. The normalized spacial score (nSPS) is 10.6. The van der Waals surface area contributed by atoms with Crippen LogP contribution in [0.3, 0.4) is 0 Å². The lowest BCUT2D eigenvalue weighted by molar-refractivity contribution is -0.104. The number of allylic oxidation sites excluding steroid dienone is 1. The number of carbonyl (C=O) groups is 1. The van der Waals surface area contributed by atoms with Crippen molar-refractivity contribution in [2.24, 2.45) is 0 Å². The number of rotatable bonds is 2. The summed E-state index contributed by atoms with van der Waals surface area (Å²) in [6, 6.07) is 1.76. The summed E-state index contributed by atoms with van der Waals surface area (Å²) in [5, 5.41) is 8.36. The molecule has 0 unspecified atom stereocenters. The molecule has 0 N–H and O–H groups in total. The molecule has 1 rings (SSSR count). The molecule has 0 spiro atoms. The van der Waals surface area contributed by atoms with Crippen molar-refractivity contribution in [1.82, 2.24) is 4.98 Å². The van der Waals surface area contributed by atoms with E-state index in [1.807, 2.05) is 0 Å². The van der Waals surface area contributed by atoms with E-state index in [2.05, 4.69) is 4.98 Å². The number of aldehydes is 1. The first-order valence-electron chi connectivity index (χ1n) is 2.82. The highest BCUT2D eigenvalue weighted by molar-refractivity contribution is 7.10. The Morgan fingerprint density at radius 2 is 2.64 bits per heavy atom. The van der Waals surface area contributed by atoms with E-state index >= 15 is 0 Å². The Hall–Kier alpha value is -1.47. The van der Waals surface area contributed by atoms with Gasteiger partial charge in [-0.05, 0) is 6.08 Å². The van der Waals surface area contributed by atoms with Crippen molar-refractivity contribution >= 4 is 23.7 Å². The van der Waals surface area contributed by atoms with E-state index in [4.69, 9.17) is 5.26 Å². The molecule has 0 aliphatic rings. The van der Waals surface area contributed by atoms with E-state index in [1.165, 1.54) is 17.4 Å². The average molecular weight is 164 g/mol. The van der Waals surface area contributed by atoms with Crippen molar-refractivity contribution in [3.63, 3.8) is 0 Å². The van der Waals surface area contributed by atoms with Crippen LogP contribution in [0.1, 0.15) is 4.88 Å². The molecule has 0 aliphatic carbocycles. The van der Waals surface area contributed by atoms with Gasteiger partial charge < -0.3 is 0 Å². The number of aromatic nitrogens is 1. The van der Waals surface area contributed by atoms with Crippen molar-refractivity contribution < 1.29 is 4.79 Å². The number of nitrogens with zero attached hydrogens (tertiary/aromatic N) is 2. The summed E-state index contributed by atoms with van der Waals surface area (Å²) in [4.78, 5) is 14.8. The summed E-state index contributed by atoms with van der Waals surface area (Å²) < 4.78 is 0. The number of nitriles is 1. The van der Waals surface area contributed by atoms with Gasteiger partial charge in [0, 0.05) is 11.1 Å². The molecule has 0 saturated heterocycles. The van der Waals surface area contributed by atoms with Crippen molar-refractivity contribution in [2.75, 3.05) is 0 Å². The molecule has 0 atom stereocenters. The highest BCUT2D eigenvalue weighted by Gasteiger charge is 1.93. The zero-order chi connectivity index (χ0) is 8.10. The molecule has 0 aliphatic heterocycles. The first-order chi connectivity index (χ1) is 5.36. The third-order valence-electron chi connectivity index (χ3n) is 1.01. The lowest BCUT2D eigenvalue weighted by Crippen LogP contribution is -1.76. The second-order valence-corrected chi connectivity index (χ2v) is 2.65. The van der Waals surface area contributed by atoms with Crippen LogP contribution < -0.4 is 0 Å². The number of thiazole rings is 1. The van der Waals surface area contributed by atoms with Gasteiger partial charge in [0.05, 0.1) is 11.1 Å². The lowest BCUT2D eigenvalue weighted by atomic mass is 10.3. The van der Waals surface area contributed by atoms with Gasteiger partial charge in [-0.2, -0.15) is 5.26 Å². The zero-order valence-corrected chi connectivity index (χ0v) is 6.34. The Morgan fingerprint density at radius 3 is 3.09 bits per heavy atom. The molecule has 1 aromatic heterocycles. The number of hydrogen-bond donors (Lipinski definition) is 0. The Morgan fingerprint density at radius 1 is 1.82 bits per heavy atom. The Bertz CT molecular complexity index is 308. The minimum absolute atomic E-state index is 0.120. The fourth-order valence-electron chi connectivity index (χ4n) is 0.543. The molecule has 1 aromatic rings. The van der Waals surface area contributed by atoms with Gasteiger partial charge in [-0.3, -0.25) is 9.78 Å². The van der Waals surface area contributed by atoms with E-state index in [9.17, 15) is 4.79 Å². The maximum atomic E-state index is 10.2. The molecule has 0 bridgehead atoms. The first-order valence-corrected chi connectivity index (χ1v) is 3.70. The van der Waals surface area contributed by atoms with E-state index in [0.717, 1.165) is 4.88 Å². The number of carbonyl (C=O) groups excluding carboxylic acids is 1. The minimum Gasteiger partial charge on any atom is -0.297 e. The van der Waals surface area contributed by atoms with Crippen molar-refractivity contribution in [3.8, 4) is 6.07 Å². The highest BCUT2D eigenvalue weighted by atomic mass is 32.1. The first kappa shape index (κ1) is 7.63. The Kier molecular flexibility index (Phi) is 2.53. The van der Waals surface area contributed by atoms with Crippen LogP contribution in [0.4, 0.5) is 0 Å². The fourth-order valence-corrected chi connectivity index (χ4v) is 1.10. The quantitative estimate of drug-likeness (QED) is 0.375.